The van der Waals surface area contributed by atoms with E-state index in [1.54, 1.807) is 12.3 Å². The second-order valence-electron chi connectivity index (χ2n) is 5.94. The molecule has 1 fully saturated rings. The molecule has 208 valence electrons. The van der Waals surface area contributed by atoms with Gasteiger partial charge in [-0.05, 0) is 18.9 Å². The van der Waals surface area contributed by atoms with Crippen molar-refractivity contribution in [1.82, 2.24) is 9.55 Å². The van der Waals surface area contributed by atoms with Gasteiger partial charge in [0.25, 0.3) is 0 Å². The number of carbonyl (C=O) groups excluding carboxylic acids is 3. The van der Waals surface area contributed by atoms with Crippen molar-refractivity contribution < 1.29 is 171 Å². The Hall–Kier alpha value is 0.460. The predicted octanol–water partition coefficient (Wildman–Crippen LogP) is -14.0. The first kappa shape index (κ1) is 49.2. The third-order valence-corrected chi connectivity index (χ3v) is 4.59. The molecule has 0 amide bonds. The van der Waals surface area contributed by atoms with Crippen LogP contribution in [0.5, 0.6) is 0 Å². The molecular weight excluding hydrogens is 636 g/mol. The second kappa shape index (κ2) is 22.1. The standard InChI is InChI=1S/C9H13N3O3.3CH3O5P.3Na/c10-7-3-4-12(9(14)11-7)8-2-1-6(5-13)15-8;3*2-1(3)7(4,5)6;;;/h3-4,6,8,13H,1-2,5H2,(H2,10,11,14);3*(H,2,3)(H2,4,5,6);;;/q;;;;3*+1/p-3/t6-,8+;;;;;;/m0....../s1. The molecule has 2 heterocycles. The summed E-state index contributed by atoms with van der Waals surface area (Å²) >= 11 is 0. The molecular formula is C12H19N3Na3O18P3. The second-order valence-corrected chi connectivity index (χ2v) is 10.3. The zero-order valence-corrected chi connectivity index (χ0v) is 29.0. The number of ether oxygens (including phenoxy) is 1. The Kier molecular flexibility index (Phi) is 27.8. The molecule has 9 N–H and O–H groups in total. The Labute approximate surface area is 284 Å². The summed E-state index contributed by atoms with van der Waals surface area (Å²) in [5.74, 6) is 0.202. The van der Waals surface area contributed by atoms with Gasteiger partial charge >= 0.3 is 117 Å². The topological polar surface area (TPSA) is 383 Å². The maximum Gasteiger partial charge on any atom is 1.00 e. The third kappa shape index (κ3) is 23.7. The van der Waals surface area contributed by atoms with Crippen molar-refractivity contribution in [2.24, 2.45) is 0 Å². The van der Waals surface area contributed by atoms with Gasteiger partial charge in [0.15, 0.2) is 17.1 Å². The molecule has 0 aliphatic carbocycles. The van der Waals surface area contributed by atoms with E-state index in [9.17, 15) is 18.5 Å². The molecule has 39 heavy (non-hydrogen) atoms. The van der Waals surface area contributed by atoms with E-state index < -0.39 is 45.6 Å². The van der Waals surface area contributed by atoms with E-state index in [-0.39, 0.29) is 113 Å². The molecule has 1 aromatic heterocycles. The predicted molar refractivity (Wildman–Crippen MR) is 105 cm³/mol. The van der Waals surface area contributed by atoms with Gasteiger partial charge in [0, 0.05) is 6.20 Å². The summed E-state index contributed by atoms with van der Waals surface area (Å²) in [6, 6.07) is 1.55. The van der Waals surface area contributed by atoms with Gasteiger partial charge in [-0.2, -0.15) is 4.98 Å². The molecule has 0 bridgehead atoms. The zero-order valence-electron chi connectivity index (χ0n) is 20.4. The Morgan fingerprint density at radius 2 is 1.23 bits per heavy atom. The average Bonchev–Trinajstić information content (AvgIpc) is 3.16. The van der Waals surface area contributed by atoms with Gasteiger partial charge < -0.3 is 74.6 Å². The molecule has 0 aromatic carbocycles. The van der Waals surface area contributed by atoms with Crippen molar-refractivity contribution in [2.45, 2.75) is 25.2 Å². The summed E-state index contributed by atoms with van der Waals surface area (Å²) in [7, 11) is -14.8. The van der Waals surface area contributed by atoms with Crippen LogP contribution in [0.1, 0.15) is 19.1 Å². The normalized spacial score (nSPS) is 15.9. The van der Waals surface area contributed by atoms with Crippen LogP contribution in [0.25, 0.3) is 0 Å². The van der Waals surface area contributed by atoms with Gasteiger partial charge in [0.2, 0.25) is 0 Å². The van der Waals surface area contributed by atoms with Crippen LogP contribution >= 0.6 is 22.8 Å². The van der Waals surface area contributed by atoms with E-state index in [2.05, 4.69) is 4.98 Å². The fourth-order valence-corrected chi connectivity index (χ4v) is 1.67. The number of carbonyl (C=O) groups is 3. The van der Waals surface area contributed by atoms with Gasteiger partial charge in [0.1, 0.15) is 12.0 Å². The molecule has 1 aliphatic rings. The number of hydrogen-bond acceptors (Lipinski definition) is 14. The van der Waals surface area contributed by atoms with E-state index >= 15 is 0 Å². The monoisotopic (exact) mass is 655 g/mol. The van der Waals surface area contributed by atoms with Crippen molar-refractivity contribution in [3.8, 4) is 0 Å². The van der Waals surface area contributed by atoms with E-state index in [1.165, 1.54) is 4.57 Å². The van der Waals surface area contributed by atoms with Crippen LogP contribution in [0.3, 0.4) is 0 Å². The first-order chi connectivity index (χ1) is 16.0. The van der Waals surface area contributed by atoms with E-state index in [0.29, 0.717) is 6.42 Å². The molecule has 2 rings (SSSR count). The van der Waals surface area contributed by atoms with Crippen molar-refractivity contribution in [2.75, 3.05) is 12.3 Å². The van der Waals surface area contributed by atoms with Crippen LogP contribution in [-0.2, 0) is 18.4 Å². The van der Waals surface area contributed by atoms with Crippen LogP contribution in [0.15, 0.2) is 17.1 Å². The van der Waals surface area contributed by atoms with Gasteiger partial charge in [-0.3, -0.25) is 18.3 Å². The Balaban J connectivity index is -0.000000139. The summed E-state index contributed by atoms with van der Waals surface area (Å²) in [4.78, 5) is 87.8. The average molecular weight is 655 g/mol. The minimum absolute atomic E-state index is 0. The minimum atomic E-state index is -4.93. The fourth-order valence-electron chi connectivity index (χ4n) is 1.67. The van der Waals surface area contributed by atoms with E-state index in [0.717, 1.165) is 6.42 Å². The molecule has 0 spiro atoms. The van der Waals surface area contributed by atoms with Crippen LogP contribution in [0, 0.1) is 0 Å². The van der Waals surface area contributed by atoms with Crippen molar-refractivity contribution >= 4 is 45.7 Å². The SMILES string of the molecule is Nc1ccn([C@H]2CC[C@@H](CO)O2)c(=O)n1.O=C([O-])P(=O)(O)O.O=C([O-])P(=O)(O)O.O=C([O-])P(=O)(O)O.[Na+].[Na+].[Na+]. The molecule has 21 nitrogen and oxygen atoms in total. The van der Waals surface area contributed by atoms with Crippen molar-refractivity contribution in [1.29, 1.82) is 0 Å². The third-order valence-electron chi connectivity index (χ3n) is 3.16. The van der Waals surface area contributed by atoms with Crippen molar-refractivity contribution in [3.63, 3.8) is 0 Å². The van der Waals surface area contributed by atoms with Crippen LogP contribution < -0.4 is 115 Å². The Morgan fingerprint density at radius 3 is 1.46 bits per heavy atom. The fraction of sp³-hybridized carbons (Fsp3) is 0.417. The Bertz CT molecular complexity index is 1040. The molecule has 0 radical (unpaired) electrons. The number of aliphatic hydroxyl groups is 1. The summed E-state index contributed by atoms with van der Waals surface area (Å²) in [5.41, 5.74) is -2.06. The number of carboxylic acid groups (broad SMARTS) is 3. The Morgan fingerprint density at radius 1 is 0.897 bits per heavy atom. The summed E-state index contributed by atoms with van der Waals surface area (Å²) in [6.07, 6.45) is 2.51. The van der Waals surface area contributed by atoms with E-state index in [4.69, 9.17) is 74.6 Å². The first-order valence-corrected chi connectivity index (χ1v) is 13.3. The number of nitrogens with zero attached hydrogens (tertiary/aromatic N) is 2. The molecule has 2 atom stereocenters. The maximum absolute atomic E-state index is 11.5. The molecule has 1 saturated heterocycles. The molecule has 27 heteroatoms. The van der Waals surface area contributed by atoms with Crippen LogP contribution in [0.4, 0.5) is 20.2 Å². The number of nitrogen functional groups attached to an aromatic ring is 1. The quantitative estimate of drug-likeness (QED) is 0.108. The first-order valence-electron chi connectivity index (χ1n) is 8.46. The van der Waals surface area contributed by atoms with Crippen LogP contribution in [-0.4, -0.2) is 73.9 Å². The zero-order chi connectivity index (χ0) is 29.1. The number of aliphatic hydroxyl groups excluding tert-OH is 1. The minimum Gasteiger partial charge on any atom is -0.538 e. The summed E-state index contributed by atoms with van der Waals surface area (Å²) in [6.45, 7) is -0.0202. The summed E-state index contributed by atoms with van der Waals surface area (Å²) in [5, 5.41) is 36.3. The van der Waals surface area contributed by atoms with Gasteiger partial charge in [-0.25, -0.2) is 4.79 Å². The van der Waals surface area contributed by atoms with Gasteiger partial charge in [-0.15, -0.1) is 0 Å². The summed E-state index contributed by atoms with van der Waals surface area (Å²) < 4.78 is 34.9. The smallest absolute Gasteiger partial charge is 0.538 e. The maximum atomic E-state index is 11.5. The molecule has 1 aromatic rings. The number of hydrogen-bond donors (Lipinski definition) is 8. The number of aromatic nitrogens is 2. The number of rotatable bonds is 5. The van der Waals surface area contributed by atoms with Gasteiger partial charge in [0.05, 0.1) is 12.7 Å². The van der Waals surface area contributed by atoms with E-state index in [1.807, 2.05) is 0 Å². The van der Waals surface area contributed by atoms with Crippen molar-refractivity contribution in [3.05, 3.63) is 22.7 Å². The number of anilines is 1. The van der Waals surface area contributed by atoms with Crippen LogP contribution in [0.2, 0.25) is 0 Å². The number of nitrogens with two attached hydrogens (primary N) is 1. The van der Waals surface area contributed by atoms with Gasteiger partial charge in [-0.1, -0.05) is 0 Å². The molecule has 1 aliphatic heterocycles. The molecule has 0 saturated carbocycles. The largest absolute Gasteiger partial charge is 1.00 e. The molecule has 0 unspecified atom stereocenters.